The van der Waals surface area contributed by atoms with E-state index in [1.807, 2.05) is 25.1 Å². The fourth-order valence-electron chi connectivity index (χ4n) is 4.76. The maximum Gasteiger partial charge on any atom is 0.416 e. The molecule has 0 bridgehead atoms. The fourth-order valence-corrected chi connectivity index (χ4v) is 4.76. The zero-order valence-electron chi connectivity index (χ0n) is 21.2. The lowest BCUT2D eigenvalue weighted by Crippen LogP contribution is -2.33. The van der Waals surface area contributed by atoms with Gasteiger partial charge in [0.15, 0.2) is 0 Å². The molecule has 2 saturated carbocycles. The van der Waals surface area contributed by atoms with E-state index in [1.165, 1.54) is 23.1 Å². The van der Waals surface area contributed by atoms with Crippen LogP contribution < -0.4 is 5.32 Å². The minimum Gasteiger partial charge on any atom is -0.367 e. The summed E-state index contributed by atoms with van der Waals surface area (Å²) in [5.41, 5.74) is 1.77. The molecular weight excluding hydrogens is 508 g/mol. The number of fused-ring (bicyclic) bond motifs is 1. The molecule has 5 nitrogen and oxygen atoms in total. The van der Waals surface area contributed by atoms with Gasteiger partial charge < -0.3 is 10.2 Å². The highest BCUT2D eigenvalue weighted by atomic mass is 19.4. The summed E-state index contributed by atoms with van der Waals surface area (Å²) >= 11 is 0. The van der Waals surface area contributed by atoms with Gasteiger partial charge in [0.2, 0.25) is 0 Å². The van der Waals surface area contributed by atoms with Crippen LogP contribution in [0.4, 0.5) is 23.4 Å². The minimum atomic E-state index is -4.56. The summed E-state index contributed by atoms with van der Waals surface area (Å²) in [4.78, 5) is 23.9. The predicted octanol–water partition coefficient (Wildman–Crippen LogP) is 7.14. The average molecular weight is 535 g/mol. The number of alkyl halides is 3. The Morgan fingerprint density at radius 2 is 1.72 bits per heavy atom. The van der Waals surface area contributed by atoms with Gasteiger partial charge in [0.1, 0.15) is 17.5 Å². The lowest BCUT2D eigenvalue weighted by Gasteiger charge is -2.24. The first kappa shape index (κ1) is 25.3. The largest absolute Gasteiger partial charge is 0.416 e. The number of aryl methyl sites for hydroxylation is 1. The molecule has 3 aromatic carbocycles. The van der Waals surface area contributed by atoms with Crippen LogP contribution in [-0.4, -0.2) is 32.9 Å². The molecule has 0 unspecified atom stereocenters. The highest BCUT2D eigenvalue weighted by molar-refractivity contribution is 5.95. The van der Waals surface area contributed by atoms with E-state index in [0.717, 1.165) is 65.7 Å². The van der Waals surface area contributed by atoms with Crippen molar-refractivity contribution in [1.82, 2.24) is 14.9 Å². The summed E-state index contributed by atoms with van der Waals surface area (Å²) in [7, 11) is 0. The molecule has 4 aromatic rings. The van der Waals surface area contributed by atoms with Crippen molar-refractivity contribution in [2.45, 2.75) is 57.4 Å². The summed E-state index contributed by atoms with van der Waals surface area (Å²) in [5.74, 6) is 0.434. The van der Waals surface area contributed by atoms with E-state index in [2.05, 4.69) is 15.3 Å². The molecule has 0 atom stereocenters. The molecular formula is C30H26F4N4O. The van der Waals surface area contributed by atoms with Crippen LogP contribution in [0.15, 0.2) is 60.7 Å². The molecule has 0 radical (unpaired) electrons. The van der Waals surface area contributed by atoms with Crippen molar-refractivity contribution in [3.63, 3.8) is 0 Å². The third-order valence-corrected chi connectivity index (χ3v) is 7.13. The molecule has 6 rings (SSSR count). The van der Waals surface area contributed by atoms with Crippen LogP contribution in [0.5, 0.6) is 0 Å². The van der Waals surface area contributed by atoms with Gasteiger partial charge in [-0.05, 0) is 86.2 Å². The van der Waals surface area contributed by atoms with Crippen LogP contribution in [0.25, 0.3) is 22.0 Å². The molecule has 9 heteroatoms. The van der Waals surface area contributed by atoms with Crippen molar-refractivity contribution >= 4 is 22.6 Å². The second kappa shape index (κ2) is 9.63. The van der Waals surface area contributed by atoms with Crippen LogP contribution >= 0.6 is 0 Å². The third-order valence-electron chi connectivity index (χ3n) is 7.13. The number of carbonyl (C=O) groups is 1. The molecule has 0 saturated heterocycles. The first-order chi connectivity index (χ1) is 18.7. The Balaban J connectivity index is 1.31. The Morgan fingerprint density at radius 1 is 0.974 bits per heavy atom. The second-order valence-corrected chi connectivity index (χ2v) is 10.3. The molecule has 200 valence electrons. The van der Waals surface area contributed by atoms with Gasteiger partial charge in [-0.15, -0.1) is 0 Å². The molecule has 1 amide bonds. The normalized spacial score (nSPS) is 15.4. The summed E-state index contributed by atoms with van der Waals surface area (Å²) in [6.07, 6.45) is -0.900. The molecule has 2 fully saturated rings. The number of anilines is 1. The zero-order chi connectivity index (χ0) is 27.3. The van der Waals surface area contributed by atoms with Gasteiger partial charge in [0.05, 0.1) is 11.1 Å². The first-order valence-corrected chi connectivity index (χ1v) is 13.0. The van der Waals surface area contributed by atoms with Crippen molar-refractivity contribution in [3.8, 4) is 11.1 Å². The minimum absolute atomic E-state index is 0.0379. The summed E-state index contributed by atoms with van der Waals surface area (Å²) in [5, 5.41) is 4.33. The molecule has 1 heterocycles. The lowest BCUT2D eigenvalue weighted by molar-refractivity contribution is -0.137. The summed E-state index contributed by atoms with van der Waals surface area (Å²) < 4.78 is 54.7. The van der Waals surface area contributed by atoms with Crippen molar-refractivity contribution < 1.29 is 22.4 Å². The highest BCUT2D eigenvalue weighted by Gasteiger charge is 2.35. The molecule has 2 aliphatic carbocycles. The number of hydrogen-bond donors (Lipinski definition) is 1. The van der Waals surface area contributed by atoms with Gasteiger partial charge in [0, 0.05) is 35.1 Å². The number of aromatic nitrogens is 2. The highest BCUT2D eigenvalue weighted by Crippen LogP contribution is 2.35. The summed E-state index contributed by atoms with van der Waals surface area (Å²) in [6, 6.07) is 15.2. The van der Waals surface area contributed by atoms with Gasteiger partial charge in [-0.3, -0.25) is 4.79 Å². The molecule has 1 N–H and O–H groups in total. The third kappa shape index (κ3) is 5.44. The Hall–Kier alpha value is -4.01. The quantitative estimate of drug-likeness (QED) is 0.256. The number of amides is 1. The van der Waals surface area contributed by atoms with Crippen LogP contribution in [0.3, 0.4) is 0 Å². The Morgan fingerprint density at radius 3 is 2.44 bits per heavy atom. The van der Waals surface area contributed by atoms with Gasteiger partial charge in [0.25, 0.3) is 5.91 Å². The van der Waals surface area contributed by atoms with E-state index in [1.54, 1.807) is 12.1 Å². The number of rotatable bonds is 7. The molecule has 2 aliphatic rings. The molecule has 39 heavy (non-hydrogen) atoms. The molecule has 0 aliphatic heterocycles. The molecule has 1 aromatic heterocycles. The monoisotopic (exact) mass is 534 g/mol. The fraction of sp³-hybridized carbons (Fsp3) is 0.300. The van der Waals surface area contributed by atoms with Crippen LogP contribution in [0, 0.1) is 12.7 Å². The smallest absolute Gasteiger partial charge is 0.367 e. The maximum absolute atomic E-state index is 15.0. The van der Waals surface area contributed by atoms with E-state index in [-0.39, 0.29) is 18.2 Å². The van der Waals surface area contributed by atoms with Gasteiger partial charge in [-0.25, -0.2) is 14.4 Å². The van der Waals surface area contributed by atoms with Crippen molar-refractivity contribution in [3.05, 3.63) is 89.0 Å². The van der Waals surface area contributed by atoms with Crippen molar-refractivity contribution in [2.75, 3.05) is 5.32 Å². The van der Waals surface area contributed by atoms with Crippen LogP contribution in [-0.2, 0) is 12.7 Å². The number of nitrogens with zero attached hydrogens (tertiary/aromatic N) is 3. The topological polar surface area (TPSA) is 58.1 Å². The van der Waals surface area contributed by atoms with Gasteiger partial charge in [-0.1, -0.05) is 18.2 Å². The number of carbonyl (C=O) groups excluding carboxylic acids is 1. The number of halogens is 4. The van der Waals surface area contributed by atoms with Crippen LogP contribution in [0.2, 0.25) is 0 Å². The van der Waals surface area contributed by atoms with Crippen LogP contribution in [0.1, 0.15) is 53.0 Å². The van der Waals surface area contributed by atoms with Gasteiger partial charge in [-0.2, -0.15) is 13.2 Å². The summed E-state index contributed by atoms with van der Waals surface area (Å²) in [6.45, 7) is 1.81. The lowest BCUT2D eigenvalue weighted by atomic mass is 10.0. The van der Waals surface area contributed by atoms with E-state index >= 15 is 4.39 Å². The van der Waals surface area contributed by atoms with Gasteiger partial charge >= 0.3 is 6.18 Å². The van der Waals surface area contributed by atoms with Crippen molar-refractivity contribution in [2.24, 2.45) is 0 Å². The second-order valence-electron chi connectivity index (χ2n) is 10.3. The Labute approximate surface area is 222 Å². The zero-order valence-corrected chi connectivity index (χ0v) is 21.2. The number of benzene rings is 3. The van der Waals surface area contributed by atoms with Crippen molar-refractivity contribution in [1.29, 1.82) is 0 Å². The Bertz CT molecular complexity index is 1580. The average Bonchev–Trinajstić information content (AvgIpc) is 3.83. The standard InChI is InChI=1S/C30H26F4N4O/c1-17-35-27-12-6-19(15-25(27)28(36-17)37-23-7-8-23)18-5-11-26(31)21(13-18)16-38(24-9-10-24)29(39)20-3-2-4-22(14-20)30(32,33)34/h2-6,11-15,23-24H,7-10,16H2,1H3,(H,35,36,37). The number of hydrogen-bond acceptors (Lipinski definition) is 4. The van der Waals surface area contributed by atoms with E-state index < -0.39 is 23.5 Å². The SMILES string of the molecule is Cc1nc(NC2CC2)c2cc(-c3ccc(F)c(CN(C(=O)c4cccc(C(F)(F)F)c4)C4CC4)c3)ccc2n1. The number of nitrogens with one attached hydrogen (secondary N) is 1. The predicted molar refractivity (Wildman–Crippen MR) is 141 cm³/mol. The maximum atomic E-state index is 15.0. The first-order valence-electron chi connectivity index (χ1n) is 13.0. The Kier molecular flexibility index (Phi) is 6.24. The van der Waals surface area contributed by atoms with E-state index in [4.69, 9.17) is 0 Å². The molecule has 0 spiro atoms. The van der Waals surface area contributed by atoms with E-state index in [0.29, 0.717) is 17.4 Å². The van der Waals surface area contributed by atoms with E-state index in [9.17, 15) is 18.0 Å².